The van der Waals surface area contributed by atoms with Crippen LogP contribution < -0.4 is 9.80 Å². The zero-order valence-electron chi connectivity index (χ0n) is 20.3. The number of hydrogen-bond acceptors (Lipinski definition) is 7. The summed E-state index contributed by atoms with van der Waals surface area (Å²) in [6.07, 6.45) is 4.03. The van der Waals surface area contributed by atoms with E-state index in [4.69, 9.17) is 19.7 Å². The summed E-state index contributed by atoms with van der Waals surface area (Å²) < 4.78 is 5.69. The summed E-state index contributed by atoms with van der Waals surface area (Å²) in [6, 6.07) is 12.4. The van der Waals surface area contributed by atoms with Gasteiger partial charge in [-0.25, -0.2) is 4.98 Å². The van der Waals surface area contributed by atoms with Crippen LogP contribution in [0.15, 0.2) is 36.4 Å². The lowest BCUT2D eigenvalue weighted by atomic mass is 10.0. The number of morpholine rings is 1. The van der Waals surface area contributed by atoms with Crippen molar-refractivity contribution in [3.05, 3.63) is 42.0 Å². The number of carbonyl (C=O) groups is 1. The summed E-state index contributed by atoms with van der Waals surface area (Å²) >= 11 is 0. The lowest BCUT2D eigenvalue weighted by Crippen LogP contribution is -2.45. The fourth-order valence-electron chi connectivity index (χ4n) is 4.98. The van der Waals surface area contributed by atoms with E-state index in [2.05, 4.69) is 29.7 Å². The van der Waals surface area contributed by atoms with Gasteiger partial charge in [-0.2, -0.15) is 9.97 Å². The maximum Gasteiger partial charge on any atom is 0.229 e. The number of aromatic nitrogens is 3. The molecule has 0 aliphatic carbocycles. The van der Waals surface area contributed by atoms with E-state index >= 15 is 0 Å². The molecule has 5 rings (SSSR count). The monoisotopic (exact) mass is 459 g/mol. The largest absolute Gasteiger partial charge is 0.377 e. The Labute approximate surface area is 201 Å². The smallest absolute Gasteiger partial charge is 0.229 e. The molecule has 2 aliphatic rings. The van der Waals surface area contributed by atoms with Crippen LogP contribution in [0.2, 0.25) is 0 Å². The maximum absolute atomic E-state index is 12.2. The maximum atomic E-state index is 12.2. The molecule has 2 atom stereocenters. The van der Waals surface area contributed by atoms with E-state index in [-0.39, 0.29) is 11.8 Å². The highest BCUT2D eigenvalue weighted by atomic mass is 16.5. The topological polar surface area (TPSA) is 71.5 Å². The van der Waals surface area contributed by atoms with Crippen molar-refractivity contribution in [1.82, 2.24) is 15.0 Å². The predicted molar refractivity (Wildman–Crippen MR) is 136 cm³/mol. The number of piperidine rings is 1. The van der Waals surface area contributed by atoms with E-state index < -0.39 is 0 Å². The zero-order chi connectivity index (χ0) is 23.7. The third-order valence-electron chi connectivity index (χ3n) is 7.03. The highest BCUT2D eigenvalue weighted by Gasteiger charge is 2.27. The number of nitrogens with zero attached hydrogens (tertiary/aromatic N) is 5. The van der Waals surface area contributed by atoms with Crippen LogP contribution in [0.4, 0.5) is 11.8 Å². The van der Waals surface area contributed by atoms with Crippen LogP contribution >= 0.6 is 0 Å². The molecule has 7 heteroatoms. The molecule has 0 radical (unpaired) electrons. The van der Waals surface area contributed by atoms with Crippen LogP contribution in [0, 0.1) is 0 Å². The molecule has 0 N–H and O–H groups in total. The van der Waals surface area contributed by atoms with Crippen molar-refractivity contribution >= 4 is 28.6 Å². The minimum absolute atomic E-state index is 0.134. The van der Waals surface area contributed by atoms with E-state index in [0.717, 1.165) is 59.9 Å². The molecule has 3 aromatic rings. The van der Waals surface area contributed by atoms with Crippen molar-refractivity contribution in [1.29, 1.82) is 0 Å². The van der Waals surface area contributed by atoms with Gasteiger partial charge in [0.1, 0.15) is 5.82 Å². The summed E-state index contributed by atoms with van der Waals surface area (Å²) in [6.45, 7) is 9.45. The molecule has 1 aromatic carbocycles. The Kier molecular flexibility index (Phi) is 6.46. The third kappa shape index (κ3) is 4.37. The van der Waals surface area contributed by atoms with Gasteiger partial charge < -0.3 is 14.5 Å². The van der Waals surface area contributed by atoms with Crippen LogP contribution in [0.5, 0.6) is 0 Å². The Morgan fingerprint density at radius 2 is 1.91 bits per heavy atom. The molecule has 0 saturated carbocycles. The minimum atomic E-state index is 0.134. The van der Waals surface area contributed by atoms with Crippen molar-refractivity contribution < 1.29 is 9.53 Å². The van der Waals surface area contributed by atoms with Gasteiger partial charge in [0, 0.05) is 36.7 Å². The van der Waals surface area contributed by atoms with Gasteiger partial charge in [0.25, 0.3) is 0 Å². The fourth-order valence-corrected chi connectivity index (χ4v) is 4.98. The van der Waals surface area contributed by atoms with Crippen LogP contribution in [-0.2, 0) is 4.74 Å². The fraction of sp³-hybridized carbons (Fsp3) is 0.481. The van der Waals surface area contributed by atoms with Gasteiger partial charge in [0.15, 0.2) is 11.4 Å². The molecular weight excluding hydrogens is 426 g/mol. The summed E-state index contributed by atoms with van der Waals surface area (Å²) in [4.78, 5) is 32.0. The lowest BCUT2D eigenvalue weighted by Gasteiger charge is -2.37. The van der Waals surface area contributed by atoms with Gasteiger partial charge in [-0.3, -0.25) is 4.79 Å². The van der Waals surface area contributed by atoms with E-state index in [1.807, 2.05) is 37.3 Å². The van der Waals surface area contributed by atoms with Gasteiger partial charge in [-0.15, -0.1) is 0 Å². The summed E-state index contributed by atoms with van der Waals surface area (Å²) in [7, 11) is 0. The Morgan fingerprint density at radius 1 is 1.03 bits per heavy atom. The third-order valence-corrected chi connectivity index (χ3v) is 7.03. The SMILES string of the molecule is CCC(=O)c1cccc(-c2ccc3c(N4CCOC[C@@H]4C)nc(N4CCCC[C@@H]4C)nc3n2)c1. The highest BCUT2D eigenvalue weighted by Crippen LogP contribution is 2.32. The Morgan fingerprint density at radius 3 is 2.71 bits per heavy atom. The van der Waals surface area contributed by atoms with Crippen molar-refractivity contribution in [3.63, 3.8) is 0 Å². The molecule has 2 aromatic heterocycles. The first-order valence-corrected chi connectivity index (χ1v) is 12.5. The van der Waals surface area contributed by atoms with Crippen LogP contribution in [0.1, 0.15) is 56.8 Å². The van der Waals surface area contributed by atoms with Crippen LogP contribution in [0.25, 0.3) is 22.3 Å². The van der Waals surface area contributed by atoms with Crippen LogP contribution in [0.3, 0.4) is 0 Å². The first-order chi connectivity index (χ1) is 16.5. The van der Waals surface area contributed by atoms with Gasteiger partial charge in [0.05, 0.1) is 30.3 Å². The molecule has 7 nitrogen and oxygen atoms in total. The molecule has 178 valence electrons. The molecule has 0 bridgehead atoms. The molecule has 2 fully saturated rings. The predicted octanol–water partition coefficient (Wildman–Crippen LogP) is 4.89. The average Bonchev–Trinajstić information content (AvgIpc) is 2.88. The number of hydrogen-bond donors (Lipinski definition) is 0. The summed E-state index contributed by atoms with van der Waals surface area (Å²) in [5, 5.41) is 0.951. The van der Waals surface area contributed by atoms with Gasteiger partial charge in [-0.1, -0.05) is 25.1 Å². The first kappa shape index (κ1) is 22.7. The number of ketones is 1. The van der Waals surface area contributed by atoms with Gasteiger partial charge in [0.2, 0.25) is 5.95 Å². The summed E-state index contributed by atoms with van der Waals surface area (Å²) in [5.74, 6) is 1.82. The number of ether oxygens (including phenoxy) is 1. The second-order valence-electron chi connectivity index (χ2n) is 9.43. The molecule has 0 spiro atoms. The zero-order valence-corrected chi connectivity index (χ0v) is 20.3. The van der Waals surface area contributed by atoms with E-state index in [9.17, 15) is 4.79 Å². The quantitative estimate of drug-likeness (QED) is 0.503. The number of Topliss-reactive ketones (excluding diaryl/α,β-unsaturated/α-hetero) is 1. The van der Waals surface area contributed by atoms with E-state index in [1.165, 1.54) is 6.42 Å². The molecule has 4 heterocycles. The number of benzene rings is 1. The second-order valence-corrected chi connectivity index (χ2v) is 9.43. The second kappa shape index (κ2) is 9.66. The summed E-state index contributed by atoms with van der Waals surface area (Å²) in [5.41, 5.74) is 3.15. The number of pyridine rings is 1. The average molecular weight is 460 g/mol. The number of carbonyl (C=O) groups excluding carboxylic acids is 1. The Balaban J connectivity index is 1.63. The normalized spacial score (nSPS) is 21.1. The Hall–Kier alpha value is -3.06. The van der Waals surface area contributed by atoms with Gasteiger partial charge >= 0.3 is 0 Å². The first-order valence-electron chi connectivity index (χ1n) is 12.5. The molecular formula is C27H33N5O2. The lowest BCUT2D eigenvalue weighted by molar-refractivity contribution is 0.0985. The van der Waals surface area contributed by atoms with Gasteiger partial charge in [-0.05, 0) is 51.3 Å². The van der Waals surface area contributed by atoms with Crippen molar-refractivity contribution in [3.8, 4) is 11.3 Å². The molecule has 34 heavy (non-hydrogen) atoms. The number of rotatable bonds is 5. The van der Waals surface area contributed by atoms with Crippen molar-refractivity contribution in [2.75, 3.05) is 36.1 Å². The van der Waals surface area contributed by atoms with Crippen molar-refractivity contribution in [2.45, 2.75) is 58.5 Å². The molecule has 2 saturated heterocycles. The Bertz CT molecular complexity index is 1200. The number of fused-ring (bicyclic) bond motifs is 1. The number of anilines is 2. The highest BCUT2D eigenvalue weighted by molar-refractivity contribution is 5.97. The minimum Gasteiger partial charge on any atom is -0.377 e. The van der Waals surface area contributed by atoms with Crippen molar-refractivity contribution in [2.24, 2.45) is 0 Å². The van der Waals surface area contributed by atoms with E-state index in [1.54, 1.807) is 0 Å². The molecule has 2 aliphatic heterocycles. The molecule has 0 amide bonds. The van der Waals surface area contributed by atoms with E-state index in [0.29, 0.717) is 31.3 Å². The standard InChI is InChI=1S/C27H33N5O2/c1-4-24(33)21-10-7-9-20(16-21)23-12-11-22-25(28-23)29-27(32-13-6-5-8-18(32)2)30-26(22)31-14-15-34-17-19(31)3/h7,9-12,16,18-19H,4-6,8,13-15,17H2,1-3H3/t18-,19-/m0/s1. The molecule has 0 unspecified atom stereocenters. The van der Waals surface area contributed by atoms with Crippen LogP contribution in [-0.4, -0.2) is 59.1 Å².